The number of carbonyl (C=O) groups excluding carboxylic acids is 1. The number of hydrazone groups is 1. The van der Waals surface area contributed by atoms with Crippen LogP contribution < -0.4 is 5.43 Å². The van der Waals surface area contributed by atoms with E-state index >= 15 is 0 Å². The predicted molar refractivity (Wildman–Crippen MR) is 103 cm³/mol. The lowest BCUT2D eigenvalue weighted by Gasteiger charge is -2.32. The summed E-state index contributed by atoms with van der Waals surface area (Å²) in [5.74, 6) is -0.500. The van der Waals surface area contributed by atoms with Gasteiger partial charge in [0.05, 0.1) is 23.3 Å². The van der Waals surface area contributed by atoms with E-state index in [2.05, 4.69) is 10.5 Å². The highest BCUT2D eigenvalue weighted by Crippen LogP contribution is 2.61. The van der Waals surface area contributed by atoms with Crippen molar-refractivity contribution in [3.8, 4) is 0 Å². The second-order valence-corrected chi connectivity index (χ2v) is 9.14. The fourth-order valence-electron chi connectivity index (χ4n) is 2.43. The van der Waals surface area contributed by atoms with Gasteiger partial charge in [-0.2, -0.15) is 5.10 Å². The van der Waals surface area contributed by atoms with Gasteiger partial charge in [-0.3, -0.25) is 19.5 Å². The molecule has 0 atom stereocenters. The summed E-state index contributed by atoms with van der Waals surface area (Å²) in [5.41, 5.74) is 3.07. The van der Waals surface area contributed by atoms with Crippen molar-refractivity contribution in [2.24, 2.45) is 5.10 Å². The summed E-state index contributed by atoms with van der Waals surface area (Å²) in [4.78, 5) is 22.2. The number of non-ortho nitro benzene ring substituents is 1. The molecule has 0 radical (unpaired) electrons. The average Bonchev–Trinajstić information content (AvgIpc) is 2.59. The normalized spacial score (nSPS) is 12.7. The third kappa shape index (κ3) is 6.23. The van der Waals surface area contributed by atoms with Crippen LogP contribution in [0.1, 0.15) is 51.4 Å². The molecule has 150 valence electrons. The molecule has 0 aliphatic carbocycles. The van der Waals surface area contributed by atoms with Crippen LogP contribution in [0.5, 0.6) is 0 Å². The van der Waals surface area contributed by atoms with E-state index in [4.69, 9.17) is 9.05 Å². The second-order valence-electron chi connectivity index (χ2n) is 6.41. The van der Waals surface area contributed by atoms with Gasteiger partial charge in [0.2, 0.25) is 0 Å². The fourth-order valence-corrected chi connectivity index (χ4v) is 4.31. The zero-order valence-electron chi connectivity index (χ0n) is 16.2. The van der Waals surface area contributed by atoms with E-state index in [0.717, 1.165) is 0 Å². The summed E-state index contributed by atoms with van der Waals surface area (Å²) in [7, 11) is -3.35. The van der Waals surface area contributed by atoms with Crippen LogP contribution in [0.3, 0.4) is 0 Å². The van der Waals surface area contributed by atoms with Gasteiger partial charge in [0.25, 0.3) is 11.6 Å². The molecule has 10 heteroatoms. The number of hydrogen-bond donors (Lipinski definition) is 1. The van der Waals surface area contributed by atoms with Crippen molar-refractivity contribution in [3.63, 3.8) is 0 Å². The van der Waals surface area contributed by atoms with Crippen molar-refractivity contribution in [1.29, 1.82) is 0 Å². The fraction of sp³-hybridized carbons (Fsp3) is 0.529. The third-order valence-electron chi connectivity index (χ3n) is 3.72. The molecule has 1 aromatic carbocycles. The Labute approximate surface area is 158 Å². The van der Waals surface area contributed by atoms with Gasteiger partial charge in [-0.1, -0.05) is 0 Å². The lowest BCUT2D eigenvalue weighted by atomic mass is 10.1. The standard InChI is InChI=1S/C17H26N3O6P/c1-6-25-27(24,26-7-2)17(4,5)12-13(3)18-19-16(21)14-8-10-15(11-9-14)20(22)23/h8-11H,6-7,12H2,1-5H3,(H,19,21)/b18-13+. The Balaban J connectivity index is 2.81. The minimum absolute atomic E-state index is 0.101. The lowest BCUT2D eigenvalue weighted by molar-refractivity contribution is -0.384. The number of nitro benzene ring substituents is 1. The summed E-state index contributed by atoms with van der Waals surface area (Å²) in [5, 5.41) is 13.8. The molecule has 0 spiro atoms. The number of nitrogens with one attached hydrogen (secondary N) is 1. The molecule has 9 nitrogen and oxygen atoms in total. The number of nitrogens with zero attached hydrogens (tertiary/aromatic N) is 2. The number of carbonyl (C=O) groups is 1. The van der Waals surface area contributed by atoms with Gasteiger partial charge in [-0.05, 0) is 46.8 Å². The van der Waals surface area contributed by atoms with Crippen LogP contribution in [0.4, 0.5) is 5.69 Å². The monoisotopic (exact) mass is 399 g/mol. The van der Waals surface area contributed by atoms with Crippen LogP contribution in [-0.4, -0.2) is 34.9 Å². The van der Waals surface area contributed by atoms with E-state index in [1.165, 1.54) is 24.3 Å². The molecule has 0 heterocycles. The van der Waals surface area contributed by atoms with Gasteiger partial charge in [-0.25, -0.2) is 5.43 Å². The Morgan fingerprint density at radius 2 is 1.74 bits per heavy atom. The molecule has 1 N–H and O–H groups in total. The molecule has 0 saturated heterocycles. The van der Waals surface area contributed by atoms with E-state index in [0.29, 0.717) is 5.71 Å². The summed E-state index contributed by atoms with van der Waals surface area (Å²) < 4.78 is 23.8. The number of rotatable bonds is 10. The maximum atomic E-state index is 13.0. The molecule has 0 aliphatic heterocycles. The summed E-state index contributed by atoms with van der Waals surface area (Å²) >= 11 is 0. The zero-order chi connectivity index (χ0) is 20.7. The van der Waals surface area contributed by atoms with Crippen LogP contribution in [0.2, 0.25) is 0 Å². The van der Waals surface area contributed by atoms with Gasteiger partial charge in [0.1, 0.15) is 0 Å². The van der Waals surface area contributed by atoms with Crippen LogP contribution >= 0.6 is 7.60 Å². The molecule has 0 fully saturated rings. The molecule has 0 aliphatic rings. The third-order valence-corrected chi connectivity index (χ3v) is 6.55. The molecular weight excluding hydrogens is 373 g/mol. The van der Waals surface area contributed by atoms with E-state index < -0.39 is 23.6 Å². The van der Waals surface area contributed by atoms with Gasteiger partial charge < -0.3 is 9.05 Å². The molecule has 27 heavy (non-hydrogen) atoms. The molecule has 0 bridgehead atoms. The lowest BCUT2D eigenvalue weighted by Crippen LogP contribution is -2.28. The number of benzene rings is 1. The van der Waals surface area contributed by atoms with E-state index in [-0.39, 0.29) is 30.9 Å². The molecule has 1 rings (SSSR count). The molecule has 0 saturated carbocycles. The van der Waals surface area contributed by atoms with Crippen molar-refractivity contribution in [2.75, 3.05) is 13.2 Å². The van der Waals surface area contributed by atoms with Gasteiger partial charge in [0.15, 0.2) is 0 Å². The van der Waals surface area contributed by atoms with E-state index in [1.54, 1.807) is 34.6 Å². The van der Waals surface area contributed by atoms with Crippen LogP contribution in [-0.2, 0) is 13.6 Å². The Kier molecular flexibility index (Phi) is 8.27. The molecule has 1 aromatic rings. The number of nitro groups is 1. The summed E-state index contributed by atoms with van der Waals surface area (Å²) in [6, 6.07) is 5.19. The highest BCUT2D eigenvalue weighted by molar-refractivity contribution is 7.55. The molecule has 1 amide bonds. The Bertz CT molecular complexity index is 736. The second kappa shape index (κ2) is 9.73. The SMILES string of the molecule is CCOP(=O)(OCC)C(C)(C)C/C(C)=N/NC(=O)c1ccc([N+](=O)[O-])cc1. The smallest absolute Gasteiger partial charge is 0.308 e. The van der Waals surface area contributed by atoms with Gasteiger partial charge >= 0.3 is 7.60 Å². The van der Waals surface area contributed by atoms with Crippen molar-refractivity contribution in [1.82, 2.24) is 5.43 Å². The molecule has 0 aromatic heterocycles. The predicted octanol–water partition coefficient (Wildman–Crippen LogP) is 4.14. The zero-order valence-corrected chi connectivity index (χ0v) is 17.1. The van der Waals surface area contributed by atoms with Crippen molar-refractivity contribution >= 4 is 24.9 Å². The first-order valence-electron chi connectivity index (χ1n) is 8.53. The van der Waals surface area contributed by atoms with Crippen LogP contribution in [0.15, 0.2) is 29.4 Å². The number of hydrogen-bond acceptors (Lipinski definition) is 7. The van der Waals surface area contributed by atoms with Crippen LogP contribution in [0, 0.1) is 10.1 Å². The van der Waals surface area contributed by atoms with E-state index in [9.17, 15) is 19.5 Å². The maximum Gasteiger partial charge on any atom is 0.336 e. The molecule has 0 unspecified atom stereocenters. The van der Waals surface area contributed by atoms with E-state index in [1.807, 2.05) is 0 Å². The molecular formula is C17H26N3O6P. The van der Waals surface area contributed by atoms with Crippen molar-refractivity contribution in [3.05, 3.63) is 39.9 Å². The minimum Gasteiger partial charge on any atom is -0.308 e. The van der Waals surface area contributed by atoms with Crippen molar-refractivity contribution in [2.45, 2.75) is 46.2 Å². The largest absolute Gasteiger partial charge is 0.336 e. The highest BCUT2D eigenvalue weighted by Gasteiger charge is 2.43. The first-order chi connectivity index (χ1) is 12.6. The minimum atomic E-state index is -3.35. The van der Waals surface area contributed by atoms with Crippen LogP contribution in [0.25, 0.3) is 0 Å². The Hall–Kier alpha value is -2.09. The van der Waals surface area contributed by atoms with Gasteiger partial charge in [0, 0.05) is 29.8 Å². The topological polar surface area (TPSA) is 120 Å². The Morgan fingerprint density at radius 1 is 1.22 bits per heavy atom. The van der Waals surface area contributed by atoms with Crippen molar-refractivity contribution < 1.29 is 23.3 Å². The first-order valence-corrected chi connectivity index (χ1v) is 10.1. The highest BCUT2D eigenvalue weighted by atomic mass is 31.2. The quantitative estimate of drug-likeness (QED) is 0.273. The average molecular weight is 399 g/mol. The first kappa shape index (κ1) is 23.0. The van der Waals surface area contributed by atoms with Gasteiger partial charge in [-0.15, -0.1) is 0 Å². The summed E-state index contributed by atoms with van der Waals surface area (Å²) in [6.45, 7) is 9.22. The Morgan fingerprint density at radius 3 is 2.19 bits per heavy atom. The summed E-state index contributed by atoms with van der Waals surface area (Å²) in [6.07, 6.45) is 0.283. The number of amides is 1. The maximum absolute atomic E-state index is 13.0.